The summed E-state index contributed by atoms with van der Waals surface area (Å²) in [7, 11) is 1.54. The number of halogens is 3. The second-order valence-electron chi connectivity index (χ2n) is 2.58. The fourth-order valence-corrected chi connectivity index (χ4v) is 0.951. The van der Waals surface area contributed by atoms with E-state index in [0.717, 1.165) is 0 Å². The zero-order chi connectivity index (χ0) is 10.6. The number of alkyl halides is 3. The summed E-state index contributed by atoms with van der Waals surface area (Å²) in [5.74, 6) is 0. The van der Waals surface area contributed by atoms with E-state index in [-0.39, 0.29) is 12.0 Å². The summed E-state index contributed by atoms with van der Waals surface area (Å²) in [4.78, 5) is 0. The largest absolute Gasteiger partial charge is 0.432 e. The lowest BCUT2D eigenvalue weighted by Gasteiger charge is -2.13. The summed E-state index contributed by atoms with van der Waals surface area (Å²) >= 11 is 0. The van der Waals surface area contributed by atoms with E-state index < -0.39 is 11.9 Å². The van der Waals surface area contributed by atoms with E-state index >= 15 is 0 Å². The first-order valence-corrected chi connectivity index (χ1v) is 3.88. The van der Waals surface area contributed by atoms with Crippen LogP contribution in [0, 0.1) is 5.41 Å². The molecule has 0 aliphatic rings. The monoisotopic (exact) mass is 194 g/mol. The lowest BCUT2D eigenvalue weighted by Crippen LogP contribution is -2.26. The minimum atomic E-state index is -4.55. The van der Waals surface area contributed by atoms with Gasteiger partial charge < -0.3 is 5.32 Å². The molecule has 0 aromatic rings. The first-order valence-electron chi connectivity index (χ1n) is 3.88. The summed E-state index contributed by atoms with van der Waals surface area (Å²) in [5, 5.41) is 9.52. The van der Waals surface area contributed by atoms with Crippen molar-refractivity contribution in [1.82, 2.24) is 5.32 Å². The van der Waals surface area contributed by atoms with Crippen molar-refractivity contribution in [2.45, 2.75) is 26.4 Å². The minimum absolute atomic E-state index is 0.00926. The predicted molar refractivity (Wildman–Crippen MR) is 45.8 cm³/mol. The second-order valence-corrected chi connectivity index (χ2v) is 2.58. The van der Waals surface area contributed by atoms with Gasteiger partial charge in [0.25, 0.3) is 0 Å². The van der Waals surface area contributed by atoms with Gasteiger partial charge in [0, 0.05) is 18.3 Å². The van der Waals surface area contributed by atoms with E-state index in [0.29, 0.717) is 5.70 Å². The third kappa shape index (κ3) is 3.08. The van der Waals surface area contributed by atoms with Gasteiger partial charge in [-0.1, -0.05) is 6.92 Å². The first kappa shape index (κ1) is 12.0. The molecule has 2 nitrogen and oxygen atoms in total. The minimum Gasteiger partial charge on any atom is -0.391 e. The number of hydrogen-bond acceptors (Lipinski definition) is 2. The normalized spacial score (nSPS) is 13.7. The number of hydrogen-bond donors (Lipinski definition) is 2. The zero-order valence-electron chi connectivity index (χ0n) is 7.84. The third-order valence-corrected chi connectivity index (χ3v) is 1.77. The molecule has 0 aliphatic heterocycles. The molecule has 0 fully saturated rings. The molecule has 0 saturated heterocycles. The molecule has 0 atom stereocenters. The standard InChI is InChI=1S/C8H13F3N2/c1-4-6(5(2)13-3)7(12)8(9,10)11/h12-13H,4H2,1-3H3/b6-5-,12-7?. The summed E-state index contributed by atoms with van der Waals surface area (Å²) in [5.41, 5.74) is -0.860. The van der Waals surface area contributed by atoms with E-state index in [1.165, 1.54) is 14.0 Å². The average Bonchev–Trinajstić information content (AvgIpc) is 2.03. The van der Waals surface area contributed by atoms with Crippen LogP contribution in [0.25, 0.3) is 0 Å². The van der Waals surface area contributed by atoms with Crippen LogP contribution in [0.3, 0.4) is 0 Å². The van der Waals surface area contributed by atoms with E-state index in [1.54, 1.807) is 6.92 Å². The van der Waals surface area contributed by atoms with Crippen LogP contribution in [-0.4, -0.2) is 18.9 Å². The SMILES string of the molecule is CC/C(C(=N)C(F)(F)F)=C(\C)NC. The molecular formula is C8H13F3N2. The number of rotatable bonds is 3. The maximum absolute atomic E-state index is 12.1. The predicted octanol–water partition coefficient (Wildman–Crippen LogP) is 2.47. The molecular weight excluding hydrogens is 181 g/mol. The van der Waals surface area contributed by atoms with Crippen molar-refractivity contribution < 1.29 is 13.2 Å². The molecule has 0 saturated carbocycles. The molecule has 0 amide bonds. The molecule has 2 N–H and O–H groups in total. The second kappa shape index (κ2) is 4.30. The van der Waals surface area contributed by atoms with Crippen molar-refractivity contribution in [3.8, 4) is 0 Å². The Morgan fingerprint density at radius 3 is 2.08 bits per heavy atom. The molecule has 13 heavy (non-hydrogen) atoms. The van der Waals surface area contributed by atoms with Crippen molar-refractivity contribution in [3.05, 3.63) is 11.3 Å². The Morgan fingerprint density at radius 2 is 1.85 bits per heavy atom. The lowest BCUT2D eigenvalue weighted by molar-refractivity contribution is -0.0591. The van der Waals surface area contributed by atoms with E-state index in [2.05, 4.69) is 5.32 Å². The highest BCUT2D eigenvalue weighted by Gasteiger charge is 2.36. The van der Waals surface area contributed by atoms with Gasteiger partial charge in [0.05, 0.1) is 0 Å². The molecule has 0 aromatic carbocycles. The Bertz CT molecular complexity index is 228. The van der Waals surface area contributed by atoms with Crippen LogP contribution in [-0.2, 0) is 0 Å². The highest BCUT2D eigenvalue weighted by molar-refractivity contribution is 6.02. The molecule has 0 rings (SSSR count). The first-order chi connectivity index (χ1) is 5.84. The van der Waals surface area contributed by atoms with Crippen molar-refractivity contribution in [1.29, 1.82) is 5.41 Å². The van der Waals surface area contributed by atoms with Gasteiger partial charge in [-0.2, -0.15) is 13.2 Å². The van der Waals surface area contributed by atoms with Gasteiger partial charge >= 0.3 is 6.18 Å². The van der Waals surface area contributed by atoms with E-state index in [4.69, 9.17) is 5.41 Å². The van der Waals surface area contributed by atoms with Crippen molar-refractivity contribution >= 4 is 5.71 Å². The van der Waals surface area contributed by atoms with Gasteiger partial charge in [-0.05, 0) is 13.3 Å². The Labute approximate surface area is 75.3 Å². The average molecular weight is 194 g/mol. The Hall–Kier alpha value is -1.00. The Balaban J connectivity index is 4.92. The fourth-order valence-electron chi connectivity index (χ4n) is 0.951. The molecule has 0 aromatic heterocycles. The molecule has 5 heteroatoms. The smallest absolute Gasteiger partial charge is 0.391 e. The Morgan fingerprint density at radius 1 is 1.38 bits per heavy atom. The summed E-state index contributed by atoms with van der Waals surface area (Å²) < 4.78 is 36.3. The molecule has 0 aliphatic carbocycles. The van der Waals surface area contributed by atoms with Gasteiger partial charge in [0.15, 0.2) is 0 Å². The molecule has 0 unspecified atom stereocenters. The van der Waals surface area contributed by atoms with Crippen molar-refractivity contribution in [2.24, 2.45) is 0 Å². The molecule has 0 spiro atoms. The highest BCUT2D eigenvalue weighted by Crippen LogP contribution is 2.23. The van der Waals surface area contributed by atoms with Crippen LogP contribution in [0.4, 0.5) is 13.2 Å². The molecule has 0 radical (unpaired) electrons. The van der Waals surface area contributed by atoms with Crippen molar-refractivity contribution in [2.75, 3.05) is 7.05 Å². The van der Waals surface area contributed by atoms with E-state index in [9.17, 15) is 13.2 Å². The molecule has 0 heterocycles. The van der Waals surface area contributed by atoms with Crippen LogP contribution < -0.4 is 5.32 Å². The van der Waals surface area contributed by atoms with Gasteiger partial charge in [-0.3, -0.25) is 5.41 Å². The van der Waals surface area contributed by atoms with Gasteiger partial charge in [-0.25, -0.2) is 0 Å². The summed E-state index contributed by atoms with van der Waals surface area (Å²) in [6, 6.07) is 0. The maximum Gasteiger partial charge on any atom is 0.432 e. The van der Waals surface area contributed by atoms with Crippen LogP contribution >= 0.6 is 0 Å². The summed E-state index contributed by atoms with van der Waals surface area (Å²) in [6.45, 7) is 3.12. The van der Waals surface area contributed by atoms with Crippen LogP contribution in [0.2, 0.25) is 0 Å². The van der Waals surface area contributed by atoms with Gasteiger partial charge in [0.1, 0.15) is 5.71 Å². The highest BCUT2D eigenvalue weighted by atomic mass is 19.4. The fraction of sp³-hybridized carbons (Fsp3) is 0.625. The Kier molecular flexibility index (Phi) is 3.97. The topological polar surface area (TPSA) is 35.9 Å². The third-order valence-electron chi connectivity index (χ3n) is 1.77. The number of nitrogens with one attached hydrogen (secondary N) is 2. The molecule has 0 bridgehead atoms. The van der Waals surface area contributed by atoms with Crippen LogP contribution in [0.5, 0.6) is 0 Å². The van der Waals surface area contributed by atoms with Crippen LogP contribution in [0.1, 0.15) is 20.3 Å². The summed E-state index contributed by atoms with van der Waals surface area (Å²) in [6.07, 6.45) is -4.35. The van der Waals surface area contributed by atoms with Crippen LogP contribution in [0.15, 0.2) is 11.3 Å². The zero-order valence-corrected chi connectivity index (χ0v) is 7.84. The maximum atomic E-state index is 12.1. The molecule has 76 valence electrons. The van der Waals surface area contributed by atoms with E-state index in [1.807, 2.05) is 0 Å². The van der Waals surface area contributed by atoms with Crippen molar-refractivity contribution in [3.63, 3.8) is 0 Å². The lowest BCUT2D eigenvalue weighted by atomic mass is 10.1. The van der Waals surface area contributed by atoms with Gasteiger partial charge in [-0.15, -0.1) is 0 Å². The van der Waals surface area contributed by atoms with Gasteiger partial charge in [0.2, 0.25) is 0 Å². The quantitative estimate of drug-likeness (QED) is 0.665. The number of allylic oxidation sites excluding steroid dienone is 2.